The van der Waals surface area contributed by atoms with Gasteiger partial charge in [-0.1, -0.05) is 37.3 Å². The number of carbonyl (C=O) groups is 1. The van der Waals surface area contributed by atoms with E-state index in [0.717, 1.165) is 16.9 Å². The van der Waals surface area contributed by atoms with Crippen molar-refractivity contribution < 1.29 is 4.79 Å². The summed E-state index contributed by atoms with van der Waals surface area (Å²) in [5.41, 5.74) is 1.72. The van der Waals surface area contributed by atoms with E-state index < -0.39 is 11.6 Å². The zero-order valence-corrected chi connectivity index (χ0v) is 13.3. The molecule has 118 valence electrons. The summed E-state index contributed by atoms with van der Waals surface area (Å²) >= 11 is 1.56. The van der Waals surface area contributed by atoms with Crippen LogP contribution in [-0.2, 0) is 6.42 Å². The Kier molecular flexibility index (Phi) is 4.38. The number of benzene rings is 1. The molecule has 0 aliphatic heterocycles. The van der Waals surface area contributed by atoms with Crippen LogP contribution in [0.4, 0.5) is 0 Å². The van der Waals surface area contributed by atoms with Crippen LogP contribution in [0.3, 0.4) is 0 Å². The summed E-state index contributed by atoms with van der Waals surface area (Å²) in [6.45, 7) is 2.10. The minimum Gasteiger partial charge on any atom is -0.338 e. The molecule has 0 fully saturated rings. The van der Waals surface area contributed by atoms with Crippen LogP contribution >= 0.6 is 11.3 Å². The Balaban J connectivity index is 1.89. The molecule has 2 aromatic heterocycles. The molecule has 0 saturated carbocycles. The monoisotopic (exact) mass is 328 g/mol. The molecule has 6 nitrogen and oxygen atoms in total. The molecule has 1 atom stereocenters. The molecule has 0 saturated heterocycles. The van der Waals surface area contributed by atoms with E-state index >= 15 is 0 Å². The maximum Gasteiger partial charge on any atom is 0.341 e. The van der Waals surface area contributed by atoms with E-state index in [4.69, 9.17) is 0 Å². The van der Waals surface area contributed by atoms with E-state index in [2.05, 4.69) is 39.6 Å². The van der Waals surface area contributed by atoms with Gasteiger partial charge in [0.1, 0.15) is 0 Å². The van der Waals surface area contributed by atoms with Gasteiger partial charge in [0.2, 0.25) is 5.82 Å². The van der Waals surface area contributed by atoms with Crippen molar-refractivity contribution in [3.63, 3.8) is 0 Å². The molecule has 1 aromatic carbocycles. The summed E-state index contributed by atoms with van der Waals surface area (Å²) in [7, 11) is 0. The molecule has 0 bridgehead atoms. The van der Waals surface area contributed by atoms with Crippen LogP contribution in [0.25, 0.3) is 0 Å². The van der Waals surface area contributed by atoms with Crippen molar-refractivity contribution >= 4 is 17.2 Å². The number of aromatic nitrogens is 3. The molecular formula is C16H16N4O2S. The van der Waals surface area contributed by atoms with Crippen molar-refractivity contribution in [2.45, 2.75) is 19.4 Å². The Labute approximate surface area is 136 Å². The van der Waals surface area contributed by atoms with Crippen molar-refractivity contribution in [2.24, 2.45) is 0 Å². The van der Waals surface area contributed by atoms with Crippen LogP contribution < -0.4 is 11.0 Å². The van der Waals surface area contributed by atoms with Gasteiger partial charge in [0.05, 0.1) is 6.04 Å². The molecular weight excluding hydrogens is 312 g/mol. The number of H-pyrrole nitrogens is 2. The maximum absolute atomic E-state index is 12.3. The van der Waals surface area contributed by atoms with Gasteiger partial charge in [-0.05, 0) is 29.0 Å². The number of hydrogen-bond donors (Lipinski definition) is 3. The molecule has 23 heavy (non-hydrogen) atoms. The quantitative estimate of drug-likeness (QED) is 0.671. The van der Waals surface area contributed by atoms with E-state index in [-0.39, 0.29) is 11.9 Å². The zero-order chi connectivity index (χ0) is 16.2. The second-order valence-electron chi connectivity index (χ2n) is 5.04. The zero-order valence-electron chi connectivity index (χ0n) is 12.5. The van der Waals surface area contributed by atoms with E-state index in [1.165, 1.54) is 5.56 Å². The molecule has 3 rings (SSSR count). The normalized spacial score (nSPS) is 12.0. The predicted octanol–water partition coefficient (Wildman–Crippen LogP) is 2.24. The standard InChI is InChI=1S/C16H16N4O2S/c1-2-10-5-7-11(8-6-10)13(12-4-3-9-23-12)17-15(21)14-18-16(22)20-19-14/h3-9,13H,2H2,1H3,(H,17,21)(H2,18,19,20,22)/t13-/m1/s1. The van der Waals surface area contributed by atoms with E-state index in [0.29, 0.717) is 0 Å². The summed E-state index contributed by atoms with van der Waals surface area (Å²) < 4.78 is 0. The number of thiophene rings is 1. The largest absolute Gasteiger partial charge is 0.341 e. The first-order chi connectivity index (χ1) is 11.2. The van der Waals surface area contributed by atoms with Crippen LogP contribution in [0.2, 0.25) is 0 Å². The van der Waals surface area contributed by atoms with Gasteiger partial charge < -0.3 is 5.32 Å². The highest BCUT2D eigenvalue weighted by molar-refractivity contribution is 7.10. The summed E-state index contributed by atoms with van der Waals surface area (Å²) in [5, 5.41) is 10.7. The molecule has 1 amide bonds. The predicted molar refractivity (Wildman–Crippen MR) is 88.7 cm³/mol. The number of carbonyl (C=O) groups excluding carboxylic acids is 1. The average molecular weight is 328 g/mol. The number of nitrogens with zero attached hydrogens (tertiary/aromatic N) is 1. The molecule has 0 unspecified atom stereocenters. The lowest BCUT2D eigenvalue weighted by atomic mass is 10.0. The number of amides is 1. The molecule has 7 heteroatoms. The highest BCUT2D eigenvalue weighted by Gasteiger charge is 2.20. The second kappa shape index (κ2) is 6.62. The second-order valence-corrected chi connectivity index (χ2v) is 6.02. The summed E-state index contributed by atoms with van der Waals surface area (Å²) in [6, 6.07) is 11.8. The minimum absolute atomic E-state index is 0.0262. The summed E-state index contributed by atoms with van der Waals surface area (Å²) in [5.74, 6) is -0.456. The molecule has 2 heterocycles. The first-order valence-electron chi connectivity index (χ1n) is 7.25. The van der Waals surface area contributed by atoms with Crippen LogP contribution in [0, 0.1) is 0 Å². The average Bonchev–Trinajstić information content (AvgIpc) is 3.24. The van der Waals surface area contributed by atoms with Gasteiger partial charge in [-0.25, -0.2) is 9.89 Å². The van der Waals surface area contributed by atoms with Crippen molar-refractivity contribution in [1.29, 1.82) is 0 Å². The Hall–Kier alpha value is -2.67. The number of hydrogen-bond acceptors (Lipinski definition) is 4. The van der Waals surface area contributed by atoms with Gasteiger partial charge in [-0.3, -0.25) is 9.78 Å². The van der Waals surface area contributed by atoms with Crippen LogP contribution in [0.5, 0.6) is 0 Å². The number of rotatable bonds is 5. The molecule has 3 aromatic rings. The molecule has 0 aliphatic rings. The molecule has 3 N–H and O–H groups in total. The van der Waals surface area contributed by atoms with E-state index in [1.807, 2.05) is 29.6 Å². The van der Waals surface area contributed by atoms with Gasteiger partial charge in [0.25, 0.3) is 5.91 Å². The van der Waals surface area contributed by atoms with Gasteiger partial charge >= 0.3 is 5.69 Å². The highest BCUT2D eigenvalue weighted by Crippen LogP contribution is 2.26. The lowest BCUT2D eigenvalue weighted by Crippen LogP contribution is -2.30. The fourth-order valence-electron chi connectivity index (χ4n) is 2.30. The first-order valence-corrected chi connectivity index (χ1v) is 8.13. The van der Waals surface area contributed by atoms with Gasteiger partial charge in [0.15, 0.2) is 0 Å². The molecule has 0 radical (unpaired) electrons. The highest BCUT2D eigenvalue weighted by atomic mass is 32.1. The van der Waals surface area contributed by atoms with Gasteiger partial charge in [0, 0.05) is 4.88 Å². The Morgan fingerprint density at radius 1 is 1.30 bits per heavy atom. The van der Waals surface area contributed by atoms with Crippen LogP contribution in [0.1, 0.15) is 39.6 Å². The van der Waals surface area contributed by atoms with E-state index in [1.54, 1.807) is 11.3 Å². The Morgan fingerprint density at radius 3 is 2.65 bits per heavy atom. The fraction of sp³-hybridized carbons (Fsp3) is 0.188. The van der Waals surface area contributed by atoms with Crippen molar-refractivity contribution in [2.75, 3.05) is 0 Å². The number of aryl methyl sites for hydroxylation is 1. The lowest BCUT2D eigenvalue weighted by Gasteiger charge is -2.17. The SMILES string of the molecule is CCc1ccc([C@@H](NC(=O)c2n[nH]c(=O)[nH]2)c2cccs2)cc1. The van der Waals surface area contributed by atoms with Crippen molar-refractivity contribution in [3.05, 3.63) is 74.1 Å². The smallest absolute Gasteiger partial charge is 0.338 e. The third-order valence-electron chi connectivity index (χ3n) is 3.54. The third-order valence-corrected chi connectivity index (χ3v) is 4.48. The minimum atomic E-state index is -0.505. The summed E-state index contributed by atoms with van der Waals surface area (Å²) in [4.78, 5) is 26.8. The van der Waals surface area contributed by atoms with Crippen molar-refractivity contribution in [1.82, 2.24) is 20.5 Å². The van der Waals surface area contributed by atoms with Crippen LogP contribution in [0.15, 0.2) is 46.6 Å². The Morgan fingerprint density at radius 2 is 2.09 bits per heavy atom. The molecule has 0 spiro atoms. The van der Waals surface area contributed by atoms with E-state index in [9.17, 15) is 9.59 Å². The Bertz CT molecular complexity index is 834. The first kappa shape index (κ1) is 15.2. The van der Waals surface area contributed by atoms with Crippen LogP contribution in [-0.4, -0.2) is 21.1 Å². The topological polar surface area (TPSA) is 90.6 Å². The molecule has 0 aliphatic carbocycles. The maximum atomic E-state index is 12.3. The third kappa shape index (κ3) is 3.40. The number of aromatic amines is 2. The van der Waals surface area contributed by atoms with Gasteiger partial charge in [-0.15, -0.1) is 16.4 Å². The van der Waals surface area contributed by atoms with Crippen molar-refractivity contribution in [3.8, 4) is 0 Å². The number of nitrogens with one attached hydrogen (secondary N) is 3. The fourth-order valence-corrected chi connectivity index (χ4v) is 3.10. The van der Waals surface area contributed by atoms with Gasteiger partial charge in [-0.2, -0.15) is 0 Å². The lowest BCUT2D eigenvalue weighted by molar-refractivity contribution is 0.0933. The summed E-state index contributed by atoms with van der Waals surface area (Å²) in [6.07, 6.45) is 0.963.